The first-order valence-electron chi connectivity index (χ1n) is 23.3. The van der Waals surface area contributed by atoms with E-state index in [0.29, 0.717) is 17.6 Å². The number of pyridine rings is 3. The van der Waals surface area contributed by atoms with Crippen molar-refractivity contribution in [2.75, 3.05) is 0 Å². The fourth-order valence-corrected chi connectivity index (χ4v) is 11.0. The van der Waals surface area contributed by atoms with E-state index in [1.54, 1.807) is 0 Å². The normalized spacial score (nSPS) is 12.0. The van der Waals surface area contributed by atoms with Crippen LogP contribution in [0.5, 0.6) is 0 Å². The Hall–Kier alpha value is -9.80. The lowest BCUT2D eigenvalue weighted by Crippen LogP contribution is -2.11. The van der Waals surface area contributed by atoms with Crippen molar-refractivity contribution in [2.45, 2.75) is 0 Å². The van der Waals surface area contributed by atoms with Gasteiger partial charge in [-0.3, -0.25) is 19.5 Å². The highest BCUT2D eigenvalue weighted by molar-refractivity contribution is 6.13. The van der Waals surface area contributed by atoms with E-state index in [9.17, 15) is 0 Å². The molecule has 0 unspecified atom stereocenters. The van der Waals surface area contributed by atoms with E-state index in [-0.39, 0.29) is 0 Å². The monoisotopic (exact) mass is 896 g/mol. The van der Waals surface area contributed by atoms with Crippen molar-refractivity contribution in [3.05, 3.63) is 219 Å². The lowest BCUT2D eigenvalue weighted by atomic mass is 10.1. The zero-order valence-electron chi connectivity index (χ0n) is 37.3. The van der Waals surface area contributed by atoms with E-state index in [1.807, 2.05) is 55.4 Å². The summed E-state index contributed by atoms with van der Waals surface area (Å²) in [6.07, 6.45) is 11.5. The molecule has 0 spiro atoms. The SMILES string of the molecule is c1ccc(-c2nc(-c3cc(-n4c5ccccc5c5ccncc54)cc(-n4c5ccccc5c5ccncc54)c3-n3c4ccccc4c4ccncc43)nc(-n3c4ccccc4c4ccccc43)n2)cc1. The Bertz CT molecular complexity index is 4400. The minimum atomic E-state index is 0.497. The second-order valence-corrected chi connectivity index (χ2v) is 17.6. The minimum Gasteiger partial charge on any atom is -0.308 e. The molecule has 0 saturated heterocycles. The van der Waals surface area contributed by atoms with E-state index in [0.717, 1.165) is 115 Å². The molecule has 10 heteroatoms. The first-order valence-corrected chi connectivity index (χ1v) is 23.3. The Labute approximate surface area is 398 Å². The molecule has 7 aromatic carbocycles. The maximum Gasteiger partial charge on any atom is 0.238 e. The molecule has 0 N–H and O–H groups in total. The van der Waals surface area contributed by atoms with Crippen LogP contribution < -0.4 is 0 Å². The molecule has 0 radical (unpaired) electrons. The predicted molar refractivity (Wildman–Crippen MR) is 281 cm³/mol. The minimum absolute atomic E-state index is 0.497. The number of fused-ring (bicyclic) bond motifs is 12. The van der Waals surface area contributed by atoms with Gasteiger partial charge >= 0.3 is 0 Å². The van der Waals surface area contributed by atoms with Gasteiger partial charge in [-0.15, -0.1) is 0 Å². The van der Waals surface area contributed by atoms with Crippen LogP contribution in [0, 0.1) is 0 Å². The summed E-state index contributed by atoms with van der Waals surface area (Å²) < 4.78 is 9.20. The van der Waals surface area contributed by atoms with Gasteiger partial charge in [0.25, 0.3) is 0 Å². The lowest BCUT2D eigenvalue weighted by molar-refractivity contribution is 0.950. The molecule has 0 atom stereocenters. The molecule has 0 aliphatic heterocycles. The van der Waals surface area contributed by atoms with Gasteiger partial charge in [-0.25, -0.2) is 4.98 Å². The lowest BCUT2D eigenvalue weighted by Gasteiger charge is -2.22. The molecular weight excluding hydrogens is 861 g/mol. The number of hydrogen-bond acceptors (Lipinski definition) is 6. The molecule has 70 heavy (non-hydrogen) atoms. The quantitative estimate of drug-likeness (QED) is 0.165. The van der Waals surface area contributed by atoms with Gasteiger partial charge in [0.05, 0.1) is 74.1 Å². The first kappa shape index (κ1) is 38.3. The van der Waals surface area contributed by atoms with Crippen molar-refractivity contribution >= 4 is 87.2 Å². The van der Waals surface area contributed by atoms with E-state index in [2.05, 4.69) is 182 Å². The molecule has 326 valence electrons. The summed E-state index contributed by atoms with van der Waals surface area (Å²) >= 11 is 0. The molecule has 8 aromatic heterocycles. The van der Waals surface area contributed by atoms with Crippen molar-refractivity contribution in [1.29, 1.82) is 0 Å². The highest BCUT2D eigenvalue weighted by Crippen LogP contribution is 2.44. The highest BCUT2D eigenvalue weighted by atomic mass is 15.2. The number of hydrogen-bond donors (Lipinski definition) is 0. The van der Waals surface area contributed by atoms with Crippen LogP contribution in [0.1, 0.15) is 0 Å². The summed E-state index contributed by atoms with van der Waals surface area (Å²) in [6.45, 7) is 0. The van der Waals surface area contributed by atoms with Crippen LogP contribution >= 0.6 is 0 Å². The largest absolute Gasteiger partial charge is 0.308 e. The van der Waals surface area contributed by atoms with Crippen LogP contribution in [0.4, 0.5) is 0 Å². The van der Waals surface area contributed by atoms with E-state index >= 15 is 0 Å². The molecular formula is C60H36N10. The summed E-state index contributed by atoms with van der Waals surface area (Å²) in [7, 11) is 0. The van der Waals surface area contributed by atoms with E-state index in [4.69, 9.17) is 29.9 Å². The Morgan fingerprint density at radius 3 is 1.23 bits per heavy atom. The summed E-state index contributed by atoms with van der Waals surface area (Å²) in [5.74, 6) is 1.55. The summed E-state index contributed by atoms with van der Waals surface area (Å²) in [5.41, 5.74) is 12.3. The second kappa shape index (κ2) is 14.9. The third-order valence-electron chi connectivity index (χ3n) is 13.9. The molecule has 10 nitrogen and oxygen atoms in total. The van der Waals surface area contributed by atoms with Gasteiger partial charge < -0.3 is 13.7 Å². The molecule has 0 aliphatic rings. The smallest absolute Gasteiger partial charge is 0.238 e. The third kappa shape index (κ3) is 5.49. The highest BCUT2D eigenvalue weighted by Gasteiger charge is 2.28. The zero-order valence-corrected chi connectivity index (χ0v) is 37.3. The van der Waals surface area contributed by atoms with Gasteiger partial charge in [-0.05, 0) is 60.7 Å². The predicted octanol–water partition coefficient (Wildman–Crippen LogP) is 13.8. The average Bonchev–Trinajstić information content (AvgIpc) is 4.16. The maximum absolute atomic E-state index is 5.67. The van der Waals surface area contributed by atoms with Crippen molar-refractivity contribution in [1.82, 2.24) is 48.2 Å². The summed E-state index contributed by atoms with van der Waals surface area (Å²) in [6, 6.07) is 63.7. The summed E-state index contributed by atoms with van der Waals surface area (Å²) in [4.78, 5) is 30.9. The maximum atomic E-state index is 5.67. The zero-order chi connectivity index (χ0) is 45.9. The first-order chi connectivity index (χ1) is 34.8. The van der Waals surface area contributed by atoms with E-state index < -0.39 is 0 Å². The molecule has 15 aromatic rings. The van der Waals surface area contributed by atoms with Crippen LogP contribution in [-0.4, -0.2) is 48.2 Å². The second-order valence-electron chi connectivity index (χ2n) is 17.6. The van der Waals surface area contributed by atoms with Crippen LogP contribution in [0.2, 0.25) is 0 Å². The molecule has 0 amide bonds. The number of para-hydroxylation sites is 5. The molecule has 0 bridgehead atoms. The van der Waals surface area contributed by atoms with Gasteiger partial charge in [-0.1, -0.05) is 121 Å². The third-order valence-corrected chi connectivity index (χ3v) is 13.9. The van der Waals surface area contributed by atoms with Crippen LogP contribution in [0.3, 0.4) is 0 Å². The van der Waals surface area contributed by atoms with Gasteiger partial charge in [0, 0.05) is 78.5 Å². The van der Waals surface area contributed by atoms with Crippen molar-refractivity contribution in [3.63, 3.8) is 0 Å². The molecule has 0 aliphatic carbocycles. The Balaban J connectivity index is 1.18. The summed E-state index contributed by atoms with van der Waals surface area (Å²) in [5, 5.41) is 8.85. The van der Waals surface area contributed by atoms with Crippen molar-refractivity contribution < 1.29 is 0 Å². The number of rotatable bonds is 6. The van der Waals surface area contributed by atoms with E-state index in [1.165, 1.54) is 0 Å². The fourth-order valence-electron chi connectivity index (χ4n) is 11.0. The topological polar surface area (TPSA) is 97.1 Å². The van der Waals surface area contributed by atoms with Gasteiger partial charge in [-0.2, -0.15) is 9.97 Å². The van der Waals surface area contributed by atoms with Gasteiger partial charge in [0.2, 0.25) is 5.95 Å². The molecule has 0 saturated carbocycles. The van der Waals surface area contributed by atoms with Crippen LogP contribution in [0.15, 0.2) is 219 Å². The van der Waals surface area contributed by atoms with Crippen molar-refractivity contribution in [3.8, 4) is 45.8 Å². The Kier molecular flexibility index (Phi) is 8.13. The number of aromatic nitrogens is 10. The van der Waals surface area contributed by atoms with Gasteiger partial charge in [0.15, 0.2) is 11.6 Å². The van der Waals surface area contributed by atoms with Crippen LogP contribution in [-0.2, 0) is 0 Å². The fraction of sp³-hybridized carbons (Fsp3) is 0. The Morgan fingerprint density at radius 2 is 0.700 bits per heavy atom. The van der Waals surface area contributed by atoms with Crippen LogP contribution in [0.25, 0.3) is 133 Å². The number of nitrogens with zero attached hydrogens (tertiary/aromatic N) is 10. The standard InChI is InChI=1S/C60H36N10/c1-2-14-37(15-3-1)58-64-59(66-60(65-58)70-51-24-12-7-16-39(51)40-17-8-13-25-52(40)70)47-32-38(67-48-21-9-4-18-41(48)44-26-29-61-34-54(44)67)33-53(68-49-22-10-5-19-42(49)45-27-30-62-35-55(45)68)57(47)69-50-23-11-6-20-43(50)46-28-31-63-36-56(46)69/h1-36H. The average molecular weight is 897 g/mol. The van der Waals surface area contributed by atoms with Gasteiger partial charge in [0.1, 0.15) is 0 Å². The van der Waals surface area contributed by atoms with Crippen molar-refractivity contribution in [2.24, 2.45) is 0 Å². The molecule has 0 fully saturated rings. The molecule has 15 rings (SSSR count). The Morgan fingerprint density at radius 1 is 0.300 bits per heavy atom. The number of benzene rings is 7. The molecule has 8 heterocycles.